The zero-order valence-electron chi connectivity index (χ0n) is 12.2. The van der Waals surface area contributed by atoms with Crippen LogP contribution in [-0.2, 0) is 12.0 Å². The maximum absolute atomic E-state index is 9.53. The van der Waals surface area contributed by atoms with Crippen LogP contribution in [0.2, 0.25) is 0 Å². The van der Waals surface area contributed by atoms with E-state index in [1.54, 1.807) is 0 Å². The van der Waals surface area contributed by atoms with Crippen molar-refractivity contribution >= 4 is 0 Å². The van der Waals surface area contributed by atoms with Crippen LogP contribution >= 0.6 is 0 Å². The summed E-state index contributed by atoms with van der Waals surface area (Å²) in [4.78, 5) is 2.55. The lowest BCUT2D eigenvalue weighted by Crippen LogP contribution is -2.44. The van der Waals surface area contributed by atoms with Gasteiger partial charge in [0.2, 0.25) is 0 Å². The van der Waals surface area contributed by atoms with Crippen molar-refractivity contribution in [3.05, 3.63) is 71.3 Å². The quantitative estimate of drug-likeness (QED) is 0.930. The molecule has 0 bridgehead atoms. The van der Waals surface area contributed by atoms with Crippen molar-refractivity contribution in [3.63, 3.8) is 0 Å². The van der Waals surface area contributed by atoms with Crippen LogP contribution in [0.15, 0.2) is 54.6 Å². The number of nitrogens with zero attached hydrogens (tertiary/aromatic N) is 1. The van der Waals surface area contributed by atoms with E-state index in [4.69, 9.17) is 0 Å². The minimum atomic E-state index is 0.195. The fourth-order valence-corrected chi connectivity index (χ4v) is 4.40. The molecular weight excluding hydrogens is 258 g/mol. The smallest absolute Gasteiger partial charge is 0.0440 e. The number of aliphatic hydroxyl groups is 1. The molecule has 2 aromatic carbocycles. The Labute approximate surface area is 126 Å². The van der Waals surface area contributed by atoms with E-state index in [9.17, 15) is 5.11 Å². The van der Waals surface area contributed by atoms with E-state index in [2.05, 4.69) is 59.5 Å². The van der Waals surface area contributed by atoms with Crippen molar-refractivity contribution in [2.75, 3.05) is 19.7 Å². The summed E-state index contributed by atoms with van der Waals surface area (Å²) in [6.07, 6.45) is 0.889. The number of aliphatic hydroxyl groups excluding tert-OH is 1. The molecule has 1 aliphatic heterocycles. The lowest BCUT2D eigenvalue weighted by atomic mass is 9.56. The van der Waals surface area contributed by atoms with E-state index in [-0.39, 0.29) is 12.0 Å². The molecule has 21 heavy (non-hydrogen) atoms. The first-order valence-corrected chi connectivity index (χ1v) is 7.80. The first-order valence-electron chi connectivity index (χ1n) is 7.80. The van der Waals surface area contributed by atoms with Gasteiger partial charge in [0.15, 0.2) is 0 Å². The van der Waals surface area contributed by atoms with Crippen LogP contribution < -0.4 is 0 Å². The normalized spacial score (nSPS) is 27.0. The van der Waals surface area contributed by atoms with Crippen LogP contribution in [0.25, 0.3) is 0 Å². The highest BCUT2D eigenvalue weighted by molar-refractivity contribution is 5.52. The van der Waals surface area contributed by atoms with E-state index in [0.717, 1.165) is 26.1 Å². The van der Waals surface area contributed by atoms with Gasteiger partial charge in [0, 0.05) is 37.6 Å². The molecule has 2 aromatic rings. The Balaban J connectivity index is 1.59. The zero-order valence-corrected chi connectivity index (χ0v) is 12.2. The highest BCUT2D eigenvalue weighted by Gasteiger charge is 2.55. The molecule has 0 aromatic heterocycles. The molecule has 4 rings (SSSR count). The van der Waals surface area contributed by atoms with Gasteiger partial charge in [-0.05, 0) is 23.1 Å². The van der Waals surface area contributed by atoms with Gasteiger partial charge in [-0.2, -0.15) is 0 Å². The zero-order chi connectivity index (χ0) is 14.3. The van der Waals surface area contributed by atoms with Crippen molar-refractivity contribution in [2.24, 2.45) is 0 Å². The average molecular weight is 279 g/mol. The molecule has 1 heterocycles. The molecule has 1 saturated heterocycles. The van der Waals surface area contributed by atoms with Crippen LogP contribution in [0, 0.1) is 0 Å². The molecule has 0 spiro atoms. The second-order valence-electron chi connectivity index (χ2n) is 6.42. The molecular formula is C19H21NO. The molecule has 1 aliphatic carbocycles. The second kappa shape index (κ2) is 4.97. The standard InChI is InChI=1S/C19H21NO/c21-11-10-19-14-20(12-15-6-2-1-3-7-15)13-18(19)16-8-4-5-9-17(16)19/h1-9,18,21H,10-14H2. The maximum Gasteiger partial charge on any atom is 0.0440 e. The maximum atomic E-state index is 9.53. The molecule has 2 heteroatoms. The van der Waals surface area contributed by atoms with Gasteiger partial charge in [-0.3, -0.25) is 4.90 Å². The van der Waals surface area contributed by atoms with Crippen LogP contribution in [0.4, 0.5) is 0 Å². The Bertz CT molecular complexity index is 639. The number of hydrogen-bond acceptors (Lipinski definition) is 2. The first-order chi connectivity index (χ1) is 10.3. The van der Waals surface area contributed by atoms with Gasteiger partial charge in [-0.1, -0.05) is 54.6 Å². The summed E-state index contributed by atoms with van der Waals surface area (Å²) < 4.78 is 0. The Morgan fingerprint density at radius 2 is 1.81 bits per heavy atom. The molecule has 2 nitrogen and oxygen atoms in total. The van der Waals surface area contributed by atoms with Crippen LogP contribution in [0.5, 0.6) is 0 Å². The van der Waals surface area contributed by atoms with E-state index in [0.29, 0.717) is 5.92 Å². The number of benzene rings is 2. The summed E-state index contributed by atoms with van der Waals surface area (Å²) in [7, 11) is 0. The van der Waals surface area contributed by atoms with Crippen molar-refractivity contribution < 1.29 is 5.11 Å². The lowest BCUT2D eigenvalue weighted by molar-refractivity contribution is 0.208. The Morgan fingerprint density at radius 3 is 2.62 bits per heavy atom. The van der Waals surface area contributed by atoms with Crippen molar-refractivity contribution in [2.45, 2.75) is 24.3 Å². The molecule has 108 valence electrons. The summed E-state index contributed by atoms with van der Waals surface area (Å²) in [6, 6.07) is 19.5. The monoisotopic (exact) mass is 279 g/mol. The highest BCUT2D eigenvalue weighted by Crippen LogP contribution is 2.57. The number of likely N-dealkylation sites (tertiary alicyclic amines) is 1. The summed E-state index contributed by atoms with van der Waals surface area (Å²) in [6.45, 7) is 3.48. The molecule has 2 unspecified atom stereocenters. The van der Waals surface area contributed by atoms with Crippen LogP contribution in [-0.4, -0.2) is 29.7 Å². The summed E-state index contributed by atoms with van der Waals surface area (Å²) >= 11 is 0. The van der Waals surface area contributed by atoms with Crippen LogP contribution in [0.3, 0.4) is 0 Å². The molecule has 1 N–H and O–H groups in total. The van der Waals surface area contributed by atoms with E-state index in [1.165, 1.54) is 16.7 Å². The third-order valence-electron chi connectivity index (χ3n) is 5.29. The Hall–Kier alpha value is -1.64. The number of rotatable bonds is 4. The van der Waals surface area contributed by atoms with E-state index in [1.807, 2.05) is 0 Å². The molecule has 0 saturated carbocycles. The van der Waals surface area contributed by atoms with Gasteiger partial charge in [0.1, 0.15) is 0 Å². The summed E-state index contributed by atoms with van der Waals surface area (Å²) in [5, 5.41) is 9.53. The lowest BCUT2D eigenvalue weighted by Gasteiger charge is -2.46. The van der Waals surface area contributed by atoms with Gasteiger partial charge >= 0.3 is 0 Å². The predicted octanol–water partition coefficient (Wildman–Crippen LogP) is 2.92. The van der Waals surface area contributed by atoms with Gasteiger partial charge in [0.05, 0.1) is 0 Å². The predicted molar refractivity (Wildman–Crippen MR) is 84.3 cm³/mol. The van der Waals surface area contributed by atoms with Crippen molar-refractivity contribution in [3.8, 4) is 0 Å². The topological polar surface area (TPSA) is 23.5 Å². The third kappa shape index (κ3) is 1.94. The minimum absolute atomic E-state index is 0.195. The third-order valence-corrected chi connectivity index (χ3v) is 5.29. The summed E-state index contributed by atoms with van der Waals surface area (Å²) in [5.74, 6) is 0.601. The van der Waals surface area contributed by atoms with Crippen LogP contribution in [0.1, 0.15) is 29.0 Å². The van der Waals surface area contributed by atoms with Gasteiger partial charge in [-0.15, -0.1) is 0 Å². The number of hydrogen-bond donors (Lipinski definition) is 1. The van der Waals surface area contributed by atoms with E-state index >= 15 is 0 Å². The number of fused-ring (bicyclic) bond motifs is 4. The second-order valence-corrected chi connectivity index (χ2v) is 6.42. The molecule has 2 atom stereocenters. The van der Waals surface area contributed by atoms with Gasteiger partial charge in [-0.25, -0.2) is 0 Å². The largest absolute Gasteiger partial charge is 0.396 e. The SMILES string of the molecule is OCCC12CN(Cc3ccccc3)CC1c1ccccc12. The summed E-state index contributed by atoms with van der Waals surface area (Å²) in [5.41, 5.74) is 4.54. The fourth-order valence-electron chi connectivity index (χ4n) is 4.40. The minimum Gasteiger partial charge on any atom is -0.396 e. The van der Waals surface area contributed by atoms with Crippen molar-refractivity contribution in [1.82, 2.24) is 4.90 Å². The fraction of sp³-hybridized carbons (Fsp3) is 0.368. The highest BCUT2D eigenvalue weighted by atomic mass is 16.3. The average Bonchev–Trinajstić information content (AvgIpc) is 2.82. The molecule has 1 fully saturated rings. The van der Waals surface area contributed by atoms with Gasteiger partial charge in [0.25, 0.3) is 0 Å². The van der Waals surface area contributed by atoms with E-state index < -0.39 is 0 Å². The molecule has 0 radical (unpaired) electrons. The van der Waals surface area contributed by atoms with Crippen molar-refractivity contribution in [1.29, 1.82) is 0 Å². The Morgan fingerprint density at radius 1 is 1.05 bits per heavy atom. The van der Waals surface area contributed by atoms with Gasteiger partial charge < -0.3 is 5.11 Å². The molecule has 2 aliphatic rings. The Kier molecular flexibility index (Phi) is 3.09. The molecule has 0 amide bonds. The first kappa shape index (κ1) is 13.1.